The minimum Gasteiger partial charge on any atom is -0.298 e. The molecule has 3 rings (SSSR count). The Kier molecular flexibility index (Phi) is 4.90. The molecule has 2 amide bonds. The van der Waals surface area contributed by atoms with Crippen LogP contribution in [-0.4, -0.2) is 43.1 Å². The van der Waals surface area contributed by atoms with E-state index in [0.717, 1.165) is 0 Å². The largest absolute Gasteiger partial charge is 0.298 e. The number of benzene rings is 1. The van der Waals surface area contributed by atoms with E-state index in [9.17, 15) is 19.7 Å². The normalized spacial score (nSPS) is 15.8. The smallest absolute Gasteiger partial charge is 0.271 e. The number of nitro benzene ring substituents is 1. The van der Waals surface area contributed by atoms with Crippen LogP contribution in [0.4, 0.5) is 5.69 Å². The Balaban J connectivity index is 1.92. The second-order valence-corrected chi connectivity index (χ2v) is 5.90. The third-order valence-corrected chi connectivity index (χ3v) is 4.04. The summed E-state index contributed by atoms with van der Waals surface area (Å²) in [4.78, 5) is 36.2. The number of non-ortho nitro benzene ring substituents is 1. The van der Waals surface area contributed by atoms with Crippen molar-refractivity contribution in [3.63, 3.8) is 0 Å². The van der Waals surface area contributed by atoms with Crippen molar-refractivity contribution in [2.45, 2.75) is 0 Å². The number of amides is 2. The van der Waals surface area contributed by atoms with Crippen molar-refractivity contribution in [1.82, 2.24) is 20.0 Å². The Hall–Kier alpha value is -3.66. The van der Waals surface area contributed by atoms with Gasteiger partial charge >= 0.3 is 0 Å². The molecule has 0 atom stereocenters. The van der Waals surface area contributed by atoms with Crippen molar-refractivity contribution >= 4 is 40.9 Å². The zero-order valence-electron chi connectivity index (χ0n) is 13.9. The summed E-state index contributed by atoms with van der Waals surface area (Å²) in [6, 6.07) is 5.93. The summed E-state index contributed by atoms with van der Waals surface area (Å²) in [5.74, 6) is -1.14. The standard InChI is InChI=1S/C17H13N5O4S/c1-2-6-20-16(24)14(15(23)19-17(20)27)7-11-9-18-21(10-11)12-4-3-5-13(8-12)22(25)26/h2-5,7-10H,1,6H2,(H,19,23,27)/b14-7+. The molecule has 1 saturated heterocycles. The number of nitro groups is 1. The van der Waals surface area contributed by atoms with Crippen LogP contribution in [0.2, 0.25) is 0 Å². The van der Waals surface area contributed by atoms with Crippen LogP contribution in [0.15, 0.2) is 54.9 Å². The Bertz CT molecular complexity index is 1010. The first-order chi connectivity index (χ1) is 12.9. The first kappa shape index (κ1) is 18.1. The highest BCUT2D eigenvalue weighted by molar-refractivity contribution is 7.80. The number of carbonyl (C=O) groups is 2. The average molecular weight is 383 g/mol. The number of aromatic nitrogens is 2. The topological polar surface area (TPSA) is 110 Å². The van der Waals surface area contributed by atoms with Crippen LogP contribution < -0.4 is 5.32 Å². The first-order valence-corrected chi connectivity index (χ1v) is 8.11. The molecule has 1 aliphatic rings. The highest BCUT2D eigenvalue weighted by atomic mass is 32.1. The summed E-state index contributed by atoms with van der Waals surface area (Å²) >= 11 is 4.99. The van der Waals surface area contributed by atoms with E-state index < -0.39 is 16.7 Å². The molecule has 10 heteroatoms. The van der Waals surface area contributed by atoms with E-state index in [1.807, 2.05) is 0 Å². The summed E-state index contributed by atoms with van der Waals surface area (Å²) in [7, 11) is 0. The maximum atomic E-state index is 12.5. The van der Waals surface area contributed by atoms with Gasteiger partial charge in [0.05, 0.1) is 16.8 Å². The number of hydrogen-bond acceptors (Lipinski definition) is 6. The molecule has 1 aromatic carbocycles. The fourth-order valence-electron chi connectivity index (χ4n) is 2.46. The first-order valence-electron chi connectivity index (χ1n) is 7.70. The van der Waals surface area contributed by atoms with Crippen LogP contribution in [0.5, 0.6) is 0 Å². The molecule has 2 aromatic rings. The van der Waals surface area contributed by atoms with Gasteiger partial charge in [0.25, 0.3) is 17.5 Å². The van der Waals surface area contributed by atoms with Gasteiger partial charge in [-0.05, 0) is 24.4 Å². The van der Waals surface area contributed by atoms with Gasteiger partial charge in [0, 0.05) is 30.4 Å². The van der Waals surface area contributed by atoms with Gasteiger partial charge in [-0.25, -0.2) is 4.68 Å². The van der Waals surface area contributed by atoms with E-state index >= 15 is 0 Å². The van der Waals surface area contributed by atoms with E-state index in [1.165, 1.54) is 40.1 Å². The fourth-order valence-corrected chi connectivity index (χ4v) is 2.71. The monoisotopic (exact) mass is 383 g/mol. The lowest BCUT2D eigenvalue weighted by Crippen LogP contribution is -2.53. The van der Waals surface area contributed by atoms with Gasteiger partial charge in [-0.15, -0.1) is 6.58 Å². The summed E-state index contributed by atoms with van der Waals surface area (Å²) in [6.45, 7) is 3.73. The number of thiocarbonyl (C=S) groups is 1. The molecular weight excluding hydrogens is 370 g/mol. The predicted molar refractivity (Wildman–Crippen MR) is 101 cm³/mol. The van der Waals surface area contributed by atoms with E-state index in [-0.39, 0.29) is 22.9 Å². The Morgan fingerprint density at radius 3 is 2.85 bits per heavy atom. The van der Waals surface area contributed by atoms with Gasteiger partial charge in [-0.3, -0.25) is 29.9 Å². The SMILES string of the molecule is C=CCN1C(=O)/C(=C/c2cnn(-c3cccc([N+](=O)[O-])c3)c2)C(=O)NC1=S. The number of hydrogen-bond donors (Lipinski definition) is 1. The number of nitrogens with zero attached hydrogens (tertiary/aromatic N) is 4. The van der Waals surface area contributed by atoms with Gasteiger partial charge in [-0.1, -0.05) is 12.1 Å². The molecule has 9 nitrogen and oxygen atoms in total. The third-order valence-electron chi connectivity index (χ3n) is 3.72. The molecule has 27 heavy (non-hydrogen) atoms. The van der Waals surface area contributed by atoms with Gasteiger partial charge < -0.3 is 0 Å². The molecule has 1 aliphatic heterocycles. The van der Waals surface area contributed by atoms with Crippen LogP contribution >= 0.6 is 12.2 Å². The zero-order valence-corrected chi connectivity index (χ0v) is 14.7. The number of rotatable bonds is 5. The van der Waals surface area contributed by atoms with Crippen molar-refractivity contribution in [1.29, 1.82) is 0 Å². The Morgan fingerprint density at radius 1 is 1.37 bits per heavy atom. The molecule has 0 aliphatic carbocycles. The zero-order chi connectivity index (χ0) is 19.6. The third kappa shape index (κ3) is 3.65. The van der Waals surface area contributed by atoms with Crippen LogP contribution in [-0.2, 0) is 9.59 Å². The van der Waals surface area contributed by atoms with Crippen LogP contribution in [0.1, 0.15) is 5.56 Å². The molecule has 0 bridgehead atoms. The number of nitrogens with one attached hydrogen (secondary N) is 1. The van der Waals surface area contributed by atoms with Crippen molar-refractivity contribution in [3.05, 3.63) is 70.6 Å². The lowest BCUT2D eigenvalue weighted by Gasteiger charge is -2.27. The lowest BCUT2D eigenvalue weighted by molar-refractivity contribution is -0.384. The highest BCUT2D eigenvalue weighted by Crippen LogP contribution is 2.18. The minimum atomic E-state index is -0.603. The van der Waals surface area contributed by atoms with Crippen molar-refractivity contribution in [3.8, 4) is 5.69 Å². The molecule has 1 aromatic heterocycles. The van der Waals surface area contributed by atoms with Crippen LogP contribution in [0.25, 0.3) is 11.8 Å². The summed E-state index contributed by atoms with van der Waals surface area (Å²) in [5, 5.41) is 17.5. The number of carbonyl (C=O) groups excluding carboxylic acids is 2. The quantitative estimate of drug-likeness (QED) is 0.210. The maximum absolute atomic E-state index is 12.5. The fraction of sp³-hybridized carbons (Fsp3) is 0.0588. The van der Waals surface area contributed by atoms with Gasteiger partial charge in [0.2, 0.25) is 0 Å². The molecule has 1 N–H and O–H groups in total. The van der Waals surface area contributed by atoms with Crippen molar-refractivity contribution in [2.24, 2.45) is 0 Å². The second kappa shape index (κ2) is 7.30. The molecule has 0 radical (unpaired) electrons. The van der Waals surface area contributed by atoms with Crippen LogP contribution in [0, 0.1) is 10.1 Å². The van der Waals surface area contributed by atoms with Gasteiger partial charge in [0.1, 0.15) is 5.57 Å². The molecule has 136 valence electrons. The van der Waals surface area contributed by atoms with E-state index in [2.05, 4.69) is 17.0 Å². The van der Waals surface area contributed by atoms with Crippen LogP contribution in [0.3, 0.4) is 0 Å². The van der Waals surface area contributed by atoms with E-state index in [0.29, 0.717) is 11.3 Å². The minimum absolute atomic E-state index is 0.0225. The Labute approximate surface area is 158 Å². The van der Waals surface area contributed by atoms with E-state index in [1.54, 1.807) is 18.3 Å². The second-order valence-electron chi connectivity index (χ2n) is 5.52. The average Bonchev–Trinajstić information content (AvgIpc) is 3.11. The van der Waals surface area contributed by atoms with Gasteiger partial charge in [-0.2, -0.15) is 5.10 Å². The van der Waals surface area contributed by atoms with Crippen molar-refractivity contribution in [2.75, 3.05) is 6.54 Å². The molecule has 2 heterocycles. The molecule has 0 saturated carbocycles. The summed E-state index contributed by atoms with van der Waals surface area (Å²) < 4.78 is 1.41. The Morgan fingerprint density at radius 2 is 2.15 bits per heavy atom. The summed E-state index contributed by atoms with van der Waals surface area (Å²) in [6.07, 6.45) is 5.88. The highest BCUT2D eigenvalue weighted by Gasteiger charge is 2.32. The summed E-state index contributed by atoms with van der Waals surface area (Å²) in [5.41, 5.74) is 0.788. The molecular formula is C17H13N5O4S. The van der Waals surface area contributed by atoms with E-state index in [4.69, 9.17) is 12.2 Å². The van der Waals surface area contributed by atoms with Gasteiger partial charge in [0.15, 0.2) is 5.11 Å². The lowest BCUT2D eigenvalue weighted by atomic mass is 10.1. The molecule has 1 fully saturated rings. The molecule has 0 unspecified atom stereocenters. The van der Waals surface area contributed by atoms with Crippen molar-refractivity contribution < 1.29 is 14.5 Å². The molecule has 0 spiro atoms. The maximum Gasteiger partial charge on any atom is 0.271 e. The predicted octanol–water partition coefficient (Wildman–Crippen LogP) is 1.59.